The number of nitrogens with one attached hydrogen (secondary N) is 2. The molecule has 0 saturated carbocycles. The summed E-state index contributed by atoms with van der Waals surface area (Å²) in [7, 11) is 3.92. The van der Waals surface area contributed by atoms with Gasteiger partial charge in [-0.2, -0.15) is 0 Å². The lowest BCUT2D eigenvalue weighted by Gasteiger charge is -2.33. The van der Waals surface area contributed by atoms with E-state index in [4.69, 9.17) is 4.74 Å². The molecule has 1 rings (SSSR count). The Hall–Kier alpha value is -2.08. The molecule has 6 heteroatoms. The molecule has 0 aliphatic rings. The van der Waals surface area contributed by atoms with Crippen LogP contribution in [0.5, 0.6) is 0 Å². The third-order valence-electron chi connectivity index (χ3n) is 3.96. The van der Waals surface area contributed by atoms with Crippen molar-refractivity contribution in [2.75, 3.05) is 20.6 Å². The molecular weight excluding hydrogens is 318 g/mol. The number of likely N-dealkylation sites (N-methyl/N-ethyl adjacent to an activating group) is 1. The molecule has 0 fully saturated rings. The lowest BCUT2D eigenvalue weighted by atomic mass is 10.0. The van der Waals surface area contributed by atoms with Crippen LogP contribution in [-0.4, -0.2) is 48.7 Å². The van der Waals surface area contributed by atoms with Gasteiger partial charge in [0, 0.05) is 12.1 Å². The molecule has 140 valence electrons. The Morgan fingerprint density at radius 2 is 1.64 bits per heavy atom. The summed E-state index contributed by atoms with van der Waals surface area (Å²) < 4.78 is 5.29. The van der Waals surface area contributed by atoms with Crippen molar-refractivity contribution < 1.29 is 14.3 Å². The average molecular weight is 349 g/mol. The van der Waals surface area contributed by atoms with E-state index < -0.39 is 17.7 Å². The maximum absolute atomic E-state index is 12.7. The van der Waals surface area contributed by atoms with Gasteiger partial charge in [0.15, 0.2) is 0 Å². The molecule has 0 spiro atoms. The highest BCUT2D eigenvalue weighted by atomic mass is 16.6. The molecule has 0 aliphatic heterocycles. The van der Waals surface area contributed by atoms with E-state index in [9.17, 15) is 9.59 Å². The summed E-state index contributed by atoms with van der Waals surface area (Å²) in [6, 6.07) is 8.32. The summed E-state index contributed by atoms with van der Waals surface area (Å²) in [5.41, 5.74) is -0.133. The first-order valence-electron chi connectivity index (χ1n) is 8.42. The van der Waals surface area contributed by atoms with Crippen molar-refractivity contribution in [3.63, 3.8) is 0 Å². The molecule has 0 aromatic heterocycles. The van der Waals surface area contributed by atoms with Gasteiger partial charge in [0.1, 0.15) is 11.6 Å². The second-order valence-corrected chi connectivity index (χ2v) is 7.91. The maximum Gasteiger partial charge on any atom is 0.408 e. The van der Waals surface area contributed by atoms with E-state index in [0.29, 0.717) is 12.1 Å². The van der Waals surface area contributed by atoms with Crippen LogP contribution >= 0.6 is 0 Å². The van der Waals surface area contributed by atoms with Crippen LogP contribution in [0.1, 0.15) is 46.2 Å². The SMILES string of the molecule is CN(C)C(C)(C)CNC(=O)C(NC(=O)OC(C)(C)C)c1ccccc1. The zero-order valence-corrected chi connectivity index (χ0v) is 16.3. The van der Waals surface area contributed by atoms with Crippen molar-refractivity contribution in [2.24, 2.45) is 0 Å². The summed E-state index contributed by atoms with van der Waals surface area (Å²) in [6.07, 6.45) is -0.622. The fraction of sp³-hybridized carbons (Fsp3) is 0.579. The van der Waals surface area contributed by atoms with Crippen molar-refractivity contribution in [2.45, 2.75) is 51.8 Å². The lowest BCUT2D eigenvalue weighted by Crippen LogP contribution is -2.51. The van der Waals surface area contributed by atoms with Gasteiger partial charge in [0.25, 0.3) is 0 Å². The normalized spacial score (nSPS) is 13.3. The van der Waals surface area contributed by atoms with Crippen LogP contribution in [0.15, 0.2) is 30.3 Å². The lowest BCUT2D eigenvalue weighted by molar-refractivity contribution is -0.123. The molecule has 0 aliphatic carbocycles. The third kappa shape index (κ3) is 7.13. The highest BCUT2D eigenvalue weighted by Gasteiger charge is 2.28. The van der Waals surface area contributed by atoms with Gasteiger partial charge < -0.3 is 20.3 Å². The number of carbonyl (C=O) groups excluding carboxylic acids is 2. The van der Waals surface area contributed by atoms with E-state index in [-0.39, 0.29) is 11.4 Å². The Balaban J connectivity index is 2.88. The molecule has 1 atom stereocenters. The predicted octanol–water partition coefficient (Wildman–Crippen LogP) is 2.71. The molecular formula is C19H31N3O3. The van der Waals surface area contributed by atoms with Gasteiger partial charge in [-0.3, -0.25) is 4.79 Å². The number of hydrogen-bond donors (Lipinski definition) is 2. The van der Waals surface area contributed by atoms with E-state index in [1.807, 2.05) is 51.0 Å². The van der Waals surface area contributed by atoms with Crippen molar-refractivity contribution in [3.05, 3.63) is 35.9 Å². The average Bonchev–Trinajstić information content (AvgIpc) is 2.49. The van der Waals surface area contributed by atoms with Crippen LogP contribution in [0.4, 0.5) is 4.79 Å². The molecule has 25 heavy (non-hydrogen) atoms. The largest absolute Gasteiger partial charge is 0.444 e. The minimum atomic E-state index is -0.811. The standard InChI is InChI=1S/C19H31N3O3/c1-18(2,3)25-17(24)21-15(14-11-9-8-10-12-14)16(23)20-13-19(4,5)22(6)7/h8-12,15H,13H2,1-7H3,(H,20,23)(H,21,24). The molecule has 1 unspecified atom stereocenters. The smallest absolute Gasteiger partial charge is 0.408 e. The first-order chi connectivity index (χ1) is 11.4. The second-order valence-electron chi connectivity index (χ2n) is 7.91. The molecule has 0 heterocycles. The molecule has 2 N–H and O–H groups in total. The van der Waals surface area contributed by atoms with Crippen LogP contribution in [0.2, 0.25) is 0 Å². The number of benzene rings is 1. The number of rotatable bonds is 6. The topological polar surface area (TPSA) is 70.7 Å². The van der Waals surface area contributed by atoms with E-state index >= 15 is 0 Å². The number of carbonyl (C=O) groups is 2. The number of nitrogens with zero attached hydrogens (tertiary/aromatic N) is 1. The van der Waals surface area contributed by atoms with Crippen LogP contribution in [-0.2, 0) is 9.53 Å². The molecule has 0 radical (unpaired) electrons. The third-order valence-corrected chi connectivity index (χ3v) is 3.96. The first kappa shape index (κ1) is 21.0. The van der Waals surface area contributed by atoms with E-state index in [0.717, 1.165) is 0 Å². The van der Waals surface area contributed by atoms with Gasteiger partial charge in [-0.05, 0) is 54.3 Å². The minimum Gasteiger partial charge on any atom is -0.444 e. The number of ether oxygens (including phenoxy) is 1. The molecule has 1 aromatic carbocycles. The van der Waals surface area contributed by atoms with Gasteiger partial charge >= 0.3 is 6.09 Å². The van der Waals surface area contributed by atoms with E-state index in [1.165, 1.54) is 0 Å². The minimum absolute atomic E-state index is 0.206. The first-order valence-corrected chi connectivity index (χ1v) is 8.42. The van der Waals surface area contributed by atoms with E-state index in [1.54, 1.807) is 32.9 Å². The number of hydrogen-bond acceptors (Lipinski definition) is 4. The van der Waals surface area contributed by atoms with Crippen LogP contribution in [0, 0.1) is 0 Å². The van der Waals surface area contributed by atoms with Gasteiger partial charge in [-0.1, -0.05) is 30.3 Å². The monoisotopic (exact) mass is 349 g/mol. The fourth-order valence-corrected chi connectivity index (χ4v) is 1.93. The Bertz CT molecular complexity index is 577. The summed E-state index contributed by atoms with van der Waals surface area (Å²) in [6.45, 7) is 9.87. The quantitative estimate of drug-likeness (QED) is 0.828. The summed E-state index contributed by atoms with van der Waals surface area (Å²) >= 11 is 0. The summed E-state index contributed by atoms with van der Waals surface area (Å²) in [5.74, 6) is -0.271. The van der Waals surface area contributed by atoms with Crippen molar-refractivity contribution >= 4 is 12.0 Å². The Morgan fingerprint density at radius 3 is 2.12 bits per heavy atom. The second kappa shape index (κ2) is 8.34. The zero-order valence-electron chi connectivity index (χ0n) is 16.3. The van der Waals surface area contributed by atoms with E-state index in [2.05, 4.69) is 10.6 Å². The van der Waals surface area contributed by atoms with Crippen molar-refractivity contribution in [1.29, 1.82) is 0 Å². The highest BCUT2D eigenvalue weighted by molar-refractivity contribution is 5.87. The molecule has 2 amide bonds. The van der Waals surface area contributed by atoms with Crippen LogP contribution in [0.25, 0.3) is 0 Å². The molecule has 0 bridgehead atoms. The highest BCUT2D eigenvalue weighted by Crippen LogP contribution is 2.16. The van der Waals surface area contributed by atoms with Gasteiger partial charge in [-0.25, -0.2) is 4.79 Å². The molecule has 6 nitrogen and oxygen atoms in total. The van der Waals surface area contributed by atoms with Gasteiger partial charge in [-0.15, -0.1) is 0 Å². The Labute approximate surface area is 150 Å². The molecule has 0 saturated heterocycles. The van der Waals surface area contributed by atoms with Gasteiger partial charge in [0.2, 0.25) is 5.91 Å². The summed E-state index contributed by atoms with van der Waals surface area (Å²) in [5, 5.41) is 5.59. The zero-order chi connectivity index (χ0) is 19.3. The van der Waals surface area contributed by atoms with Crippen LogP contribution < -0.4 is 10.6 Å². The number of amides is 2. The predicted molar refractivity (Wildman–Crippen MR) is 99.3 cm³/mol. The summed E-state index contributed by atoms with van der Waals surface area (Å²) in [4.78, 5) is 26.9. The molecule has 1 aromatic rings. The maximum atomic E-state index is 12.7. The fourth-order valence-electron chi connectivity index (χ4n) is 1.93. The van der Waals surface area contributed by atoms with Gasteiger partial charge in [0.05, 0.1) is 0 Å². The van der Waals surface area contributed by atoms with Crippen LogP contribution in [0.3, 0.4) is 0 Å². The Kier molecular flexibility index (Phi) is 6.99. The Morgan fingerprint density at radius 1 is 1.08 bits per heavy atom. The van der Waals surface area contributed by atoms with Crippen molar-refractivity contribution in [3.8, 4) is 0 Å². The number of alkyl carbamates (subject to hydrolysis) is 1. The van der Waals surface area contributed by atoms with Crippen molar-refractivity contribution in [1.82, 2.24) is 15.5 Å².